The van der Waals surface area contributed by atoms with Gasteiger partial charge in [0.2, 0.25) is 0 Å². The van der Waals surface area contributed by atoms with Crippen LogP contribution < -0.4 is 0 Å². The van der Waals surface area contributed by atoms with Crippen molar-refractivity contribution in [1.29, 1.82) is 0 Å². The third-order valence-corrected chi connectivity index (χ3v) is 5.13. The number of hydrogen-bond acceptors (Lipinski definition) is 3. The summed E-state index contributed by atoms with van der Waals surface area (Å²) in [5, 5.41) is 0. The van der Waals surface area contributed by atoms with E-state index in [0.29, 0.717) is 23.3 Å². The lowest BCUT2D eigenvalue weighted by Gasteiger charge is -2.07. The molecule has 4 aromatic rings. The third-order valence-electron chi connectivity index (χ3n) is 5.13. The lowest BCUT2D eigenvalue weighted by Crippen LogP contribution is -2.03. The van der Waals surface area contributed by atoms with E-state index in [1.807, 2.05) is 66.7 Å². The number of esters is 1. The molecule has 0 radical (unpaired) electrons. The molecule has 0 N–H and O–H groups in total. The van der Waals surface area contributed by atoms with Crippen molar-refractivity contribution in [2.75, 3.05) is 6.61 Å². The Bertz CT molecular complexity index is 1170. The van der Waals surface area contributed by atoms with Crippen LogP contribution in [0.25, 0.3) is 22.3 Å². The number of ether oxygens (including phenoxy) is 1. The molecule has 0 unspecified atom stereocenters. The zero-order chi connectivity index (χ0) is 21.6. The zero-order valence-electron chi connectivity index (χ0n) is 17.2. The molecular weight excluding hydrogens is 384 g/mol. The largest absolute Gasteiger partial charge is 0.462 e. The predicted molar refractivity (Wildman–Crippen MR) is 123 cm³/mol. The van der Waals surface area contributed by atoms with Gasteiger partial charge in [-0.25, -0.2) is 4.79 Å². The number of benzene rings is 4. The summed E-state index contributed by atoms with van der Waals surface area (Å²) in [6.45, 7) is 2.16. The van der Waals surface area contributed by atoms with Gasteiger partial charge in [-0.05, 0) is 41.3 Å². The molecule has 4 rings (SSSR count). The highest BCUT2D eigenvalue weighted by atomic mass is 16.5. The summed E-state index contributed by atoms with van der Waals surface area (Å²) in [6.07, 6.45) is 0. The van der Waals surface area contributed by atoms with Gasteiger partial charge in [-0.15, -0.1) is 0 Å². The Morgan fingerprint density at radius 3 is 1.39 bits per heavy atom. The lowest BCUT2D eigenvalue weighted by molar-refractivity contribution is 0.0526. The molecule has 31 heavy (non-hydrogen) atoms. The molecule has 0 bridgehead atoms. The van der Waals surface area contributed by atoms with Crippen molar-refractivity contribution in [3.8, 4) is 22.3 Å². The van der Waals surface area contributed by atoms with Gasteiger partial charge in [0, 0.05) is 11.1 Å². The molecule has 152 valence electrons. The van der Waals surface area contributed by atoms with Crippen LogP contribution >= 0.6 is 0 Å². The number of carbonyl (C=O) groups excluding carboxylic acids is 2. The Balaban J connectivity index is 1.49. The van der Waals surface area contributed by atoms with E-state index in [2.05, 4.69) is 24.3 Å². The van der Waals surface area contributed by atoms with Crippen molar-refractivity contribution in [2.45, 2.75) is 6.92 Å². The summed E-state index contributed by atoms with van der Waals surface area (Å²) in [6, 6.07) is 32.6. The van der Waals surface area contributed by atoms with Crippen molar-refractivity contribution in [2.24, 2.45) is 0 Å². The van der Waals surface area contributed by atoms with Crippen molar-refractivity contribution in [3.05, 3.63) is 120 Å². The van der Waals surface area contributed by atoms with Crippen LogP contribution in [0.3, 0.4) is 0 Å². The van der Waals surface area contributed by atoms with E-state index in [4.69, 9.17) is 4.74 Å². The fourth-order valence-corrected chi connectivity index (χ4v) is 3.44. The van der Waals surface area contributed by atoms with Crippen LogP contribution in [0.5, 0.6) is 0 Å². The summed E-state index contributed by atoms with van der Waals surface area (Å²) >= 11 is 0. The van der Waals surface area contributed by atoms with Crippen LogP contribution in [-0.4, -0.2) is 18.4 Å². The molecule has 0 aliphatic rings. The first-order valence-electron chi connectivity index (χ1n) is 10.2. The van der Waals surface area contributed by atoms with Gasteiger partial charge in [-0.1, -0.05) is 91.0 Å². The molecule has 0 aromatic heterocycles. The van der Waals surface area contributed by atoms with E-state index < -0.39 is 0 Å². The first-order valence-corrected chi connectivity index (χ1v) is 10.2. The van der Waals surface area contributed by atoms with Gasteiger partial charge in [-0.3, -0.25) is 4.79 Å². The van der Waals surface area contributed by atoms with Gasteiger partial charge in [0.1, 0.15) is 0 Å². The average molecular weight is 406 g/mol. The molecule has 0 spiro atoms. The number of ketones is 1. The monoisotopic (exact) mass is 406 g/mol. The lowest BCUT2D eigenvalue weighted by atomic mass is 9.97. The maximum Gasteiger partial charge on any atom is 0.338 e. The molecule has 4 aromatic carbocycles. The van der Waals surface area contributed by atoms with Gasteiger partial charge in [0.05, 0.1) is 12.2 Å². The Morgan fingerprint density at radius 2 is 0.935 bits per heavy atom. The summed E-state index contributed by atoms with van der Waals surface area (Å²) in [5.74, 6) is -0.285. The van der Waals surface area contributed by atoms with Crippen LogP contribution in [0, 0.1) is 0 Å². The molecule has 0 aliphatic carbocycles. The minimum absolute atomic E-state index is 0.0220. The van der Waals surface area contributed by atoms with Crippen LogP contribution in [0.1, 0.15) is 33.2 Å². The zero-order valence-corrected chi connectivity index (χ0v) is 17.2. The Morgan fingerprint density at radius 1 is 0.548 bits per heavy atom. The highest BCUT2D eigenvalue weighted by Crippen LogP contribution is 2.26. The minimum atomic E-state index is -0.307. The van der Waals surface area contributed by atoms with E-state index in [9.17, 15) is 9.59 Å². The molecule has 0 saturated heterocycles. The second-order valence-corrected chi connectivity index (χ2v) is 7.15. The fraction of sp³-hybridized carbons (Fsp3) is 0.0714. The molecule has 0 aliphatic heterocycles. The van der Waals surface area contributed by atoms with E-state index >= 15 is 0 Å². The standard InChI is InChI=1S/C28H22O3/c1-2-31-28(30)26-18-14-23(15-19-26)21-10-8-20(9-11-21)22-12-16-25(17-13-22)27(29)24-6-4-3-5-7-24/h3-19H,2H2,1H3. The Labute approximate surface area is 181 Å². The normalized spacial score (nSPS) is 10.5. The van der Waals surface area contributed by atoms with Gasteiger partial charge >= 0.3 is 5.97 Å². The quantitative estimate of drug-likeness (QED) is 0.274. The van der Waals surface area contributed by atoms with E-state index in [1.54, 1.807) is 19.1 Å². The molecule has 3 heteroatoms. The number of carbonyl (C=O) groups is 2. The average Bonchev–Trinajstić information content (AvgIpc) is 2.85. The van der Waals surface area contributed by atoms with Gasteiger partial charge in [0.25, 0.3) is 0 Å². The van der Waals surface area contributed by atoms with Gasteiger partial charge in [-0.2, -0.15) is 0 Å². The van der Waals surface area contributed by atoms with Crippen molar-refractivity contribution in [1.82, 2.24) is 0 Å². The smallest absolute Gasteiger partial charge is 0.338 e. The fourth-order valence-electron chi connectivity index (χ4n) is 3.44. The Hall–Kier alpha value is -3.98. The topological polar surface area (TPSA) is 43.4 Å². The minimum Gasteiger partial charge on any atom is -0.462 e. The van der Waals surface area contributed by atoms with Gasteiger partial charge in [0.15, 0.2) is 5.78 Å². The predicted octanol–water partition coefficient (Wildman–Crippen LogP) is 6.43. The highest BCUT2D eigenvalue weighted by Gasteiger charge is 2.09. The molecule has 0 heterocycles. The SMILES string of the molecule is CCOC(=O)c1ccc(-c2ccc(-c3ccc(C(=O)c4ccccc4)cc3)cc2)cc1. The molecule has 0 saturated carbocycles. The Kier molecular flexibility index (Phi) is 6.04. The van der Waals surface area contributed by atoms with Crippen molar-refractivity contribution < 1.29 is 14.3 Å². The van der Waals surface area contributed by atoms with E-state index in [0.717, 1.165) is 22.3 Å². The van der Waals surface area contributed by atoms with Crippen molar-refractivity contribution in [3.63, 3.8) is 0 Å². The van der Waals surface area contributed by atoms with Crippen LogP contribution in [0.4, 0.5) is 0 Å². The first-order chi connectivity index (χ1) is 15.2. The number of hydrogen-bond donors (Lipinski definition) is 0. The molecule has 0 fully saturated rings. The van der Waals surface area contributed by atoms with Crippen LogP contribution in [-0.2, 0) is 4.74 Å². The van der Waals surface area contributed by atoms with E-state index in [1.165, 1.54) is 0 Å². The number of rotatable bonds is 6. The molecule has 0 atom stereocenters. The highest BCUT2D eigenvalue weighted by molar-refractivity contribution is 6.09. The molecule has 0 amide bonds. The second kappa shape index (κ2) is 9.23. The summed E-state index contributed by atoms with van der Waals surface area (Å²) in [7, 11) is 0. The molecular formula is C28H22O3. The maximum atomic E-state index is 12.6. The summed E-state index contributed by atoms with van der Waals surface area (Å²) < 4.78 is 5.03. The third kappa shape index (κ3) is 4.62. The first kappa shape index (κ1) is 20.3. The molecule has 3 nitrogen and oxygen atoms in total. The van der Waals surface area contributed by atoms with Gasteiger partial charge < -0.3 is 4.74 Å². The van der Waals surface area contributed by atoms with Crippen LogP contribution in [0.15, 0.2) is 103 Å². The summed E-state index contributed by atoms with van der Waals surface area (Å²) in [4.78, 5) is 24.4. The summed E-state index contributed by atoms with van der Waals surface area (Å²) in [5.41, 5.74) is 6.13. The second-order valence-electron chi connectivity index (χ2n) is 7.15. The van der Waals surface area contributed by atoms with E-state index in [-0.39, 0.29) is 11.8 Å². The maximum absolute atomic E-state index is 12.6. The van der Waals surface area contributed by atoms with Crippen LogP contribution in [0.2, 0.25) is 0 Å². The van der Waals surface area contributed by atoms with Crippen molar-refractivity contribution >= 4 is 11.8 Å².